The van der Waals surface area contributed by atoms with Crippen LogP contribution >= 0.6 is 27.5 Å². The van der Waals surface area contributed by atoms with E-state index in [-0.39, 0.29) is 0 Å². The molecule has 0 radical (unpaired) electrons. The van der Waals surface area contributed by atoms with Gasteiger partial charge in [-0.3, -0.25) is 4.68 Å². The van der Waals surface area contributed by atoms with Crippen LogP contribution in [-0.2, 0) is 13.6 Å². The van der Waals surface area contributed by atoms with Gasteiger partial charge in [-0.15, -0.1) is 0 Å². The maximum Gasteiger partial charge on any atom is 0.147 e. The number of rotatable bonds is 3. The molecule has 2 heterocycles. The largest absolute Gasteiger partial charge is 0.354 e. The first-order chi connectivity index (χ1) is 8.06. The van der Waals surface area contributed by atoms with Crippen LogP contribution in [0.3, 0.4) is 0 Å². The van der Waals surface area contributed by atoms with Crippen LogP contribution in [0, 0.1) is 0 Å². The zero-order valence-electron chi connectivity index (χ0n) is 9.56. The van der Waals surface area contributed by atoms with E-state index in [1.807, 2.05) is 37.5 Å². The number of hydrogen-bond donors (Lipinski definition) is 0. The van der Waals surface area contributed by atoms with E-state index in [1.54, 1.807) is 10.9 Å². The molecule has 0 aliphatic rings. The van der Waals surface area contributed by atoms with Gasteiger partial charge in [-0.25, -0.2) is 4.98 Å². The predicted molar refractivity (Wildman–Crippen MR) is 72.3 cm³/mol. The summed E-state index contributed by atoms with van der Waals surface area (Å²) in [5, 5.41) is 4.76. The van der Waals surface area contributed by atoms with E-state index >= 15 is 0 Å². The van der Waals surface area contributed by atoms with Crippen molar-refractivity contribution in [2.24, 2.45) is 7.05 Å². The minimum absolute atomic E-state index is 0.630. The quantitative estimate of drug-likeness (QED) is 0.873. The Balaban J connectivity index is 2.17. The molecule has 0 saturated carbocycles. The van der Waals surface area contributed by atoms with E-state index in [2.05, 4.69) is 26.0 Å². The van der Waals surface area contributed by atoms with E-state index < -0.39 is 0 Å². The molecule has 0 unspecified atom stereocenters. The molecule has 6 heteroatoms. The molecule has 2 aromatic heterocycles. The summed E-state index contributed by atoms with van der Waals surface area (Å²) < 4.78 is 2.65. The fourth-order valence-electron chi connectivity index (χ4n) is 1.59. The van der Waals surface area contributed by atoms with Gasteiger partial charge in [0.25, 0.3) is 0 Å². The van der Waals surface area contributed by atoms with Gasteiger partial charge in [0.15, 0.2) is 0 Å². The van der Waals surface area contributed by atoms with E-state index in [9.17, 15) is 0 Å². The summed E-state index contributed by atoms with van der Waals surface area (Å²) >= 11 is 9.48. The van der Waals surface area contributed by atoms with Gasteiger partial charge in [-0.2, -0.15) is 5.10 Å². The van der Waals surface area contributed by atoms with Crippen molar-refractivity contribution in [2.75, 3.05) is 11.9 Å². The van der Waals surface area contributed by atoms with Crippen LogP contribution in [0.1, 0.15) is 5.56 Å². The molecule has 0 N–H and O–H groups in total. The molecule has 0 spiro atoms. The van der Waals surface area contributed by atoms with Crippen LogP contribution in [0.2, 0.25) is 5.02 Å². The summed E-state index contributed by atoms with van der Waals surface area (Å²) in [4.78, 5) is 6.29. The average Bonchev–Trinajstić information content (AvgIpc) is 2.63. The second kappa shape index (κ2) is 5.06. The molecule has 0 fully saturated rings. The number of aryl methyl sites for hydroxylation is 1. The predicted octanol–water partition coefficient (Wildman–Crippen LogP) is 2.87. The maximum atomic E-state index is 6.14. The molecule has 0 aliphatic heterocycles. The van der Waals surface area contributed by atoms with Crippen LogP contribution in [0.25, 0.3) is 0 Å². The van der Waals surface area contributed by atoms with Crippen molar-refractivity contribution in [1.29, 1.82) is 0 Å². The highest BCUT2D eigenvalue weighted by molar-refractivity contribution is 9.10. The van der Waals surface area contributed by atoms with Crippen molar-refractivity contribution in [2.45, 2.75) is 6.54 Å². The SMILES string of the molecule is CN(Cc1cnn(C)c1)c1ncc(Br)cc1Cl. The van der Waals surface area contributed by atoms with Gasteiger partial charge in [-0.1, -0.05) is 11.6 Å². The highest BCUT2D eigenvalue weighted by Crippen LogP contribution is 2.26. The molecule has 0 amide bonds. The summed E-state index contributed by atoms with van der Waals surface area (Å²) in [6, 6.07) is 1.84. The highest BCUT2D eigenvalue weighted by atomic mass is 79.9. The van der Waals surface area contributed by atoms with Crippen LogP contribution in [0.15, 0.2) is 29.1 Å². The molecule has 0 saturated heterocycles. The molecule has 0 aromatic carbocycles. The Bertz CT molecular complexity index is 526. The normalized spacial score (nSPS) is 10.6. The van der Waals surface area contributed by atoms with Gasteiger partial charge in [-0.05, 0) is 22.0 Å². The number of hydrogen-bond acceptors (Lipinski definition) is 3. The molecule has 17 heavy (non-hydrogen) atoms. The first-order valence-corrected chi connectivity index (χ1v) is 6.23. The van der Waals surface area contributed by atoms with Crippen LogP contribution in [0.5, 0.6) is 0 Å². The third-order valence-corrected chi connectivity index (χ3v) is 3.04. The zero-order valence-corrected chi connectivity index (χ0v) is 11.9. The Hall–Kier alpha value is -1.07. The Kier molecular flexibility index (Phi) is 3.69. The third-order valence-electron chi connectivity index (χ3n) is 2.33. The Morgan fingerprint density at radius 1 is 1.47 bits per heavy atom. The first-order valence-electron chi connectivity index (χ1n) is 5.06. The standard InChI is InChI=1S/C11H12BrClN4/c1-16(6-8-4-15-17(2)7-8)11-10(13)3-9(12)5-14-11/h3-5,7H,6H2,1-2H3. The molecule has 0 aliphatic carbocycles. The van der Waals surface area contributed by atoms with Crippen molar-refractivity contribution in [3.05, 3.63) is 39.7 Å². The van der Waals surface area contributed by atoms with Crippen molar-refractivity contribution in [3.63, 3.8) is 0 Å². The number of pyridine rings is 1. The van der Waals surface area contributed by atoms with Crippen molar-refractivity contribution < 1.29 is 0 Å². The van der Waals surface area contributed by atoms with Crippen LogP contribution in [0.4, 0.5) is 5.82 Å². The van der Waals surface area contributed by atoms with E-state index in [0.717, 1.165) is 22.4 Å². The fraction of sp³-hybridized carbons (Fsp3) is 0.273. The van der Waals surface area contributed by atoms with E-state index in [1.165, 1.54) is 0 Å². The van der Waals surface area contributed by atoms with Gasteiger partial charge in [0.1, 0.15) is 5.82 Å². The third kappa shape index (κ3) is 2.98. The number of halogens is 2. The molecule has 0 atom stereocenters. The molecule has 2 aromatic rings. The van der Waals surface area contributed by atoms with Gasteiger partial charge < -0.3 is 4.90 Å². The summed E-state index contributed by atoms with van der Waals surface area (Å²) in [7, 11) is 3.85. The number of anilines is 1. The smallest absolute Gasteiger partial charge is 0.147 e. The first kappa shape index (κ1) is 12.4. The Morgan fingerprint density at radius 2 is 2.24 bits per heavy atom. The minimum Gasteiger partial charge on any atom is -0.354 e. The molecule has 4 nitrogen and oxygen atoms in total. The van der Waals surface area contributed by atoms with Gasteiger partial charge >= 0.3 is 0 Å². The van der Waals surface area contributed by atoms with Crippen molar-refractivity contribution in [1.82, 2.24) is 14.8 Å². The van der Waals surface area contributed by atoms with Crippen molar-refractivity contribution >= 4 is 33.3 Å². The average molecular weight is 316 g/mol. The van der Waals surface area contributed by atoms with E-state index in [0.29, 0.717) is 5.02 Å². The fourth-order valence-corrected chi connectivity index (χ4v) is 2.36. The monoisotopic (exact) mass is 314 g/mol. The lowest BCUT2D eigenvalue weighted by Crippen LogP contribution is -2.17. The highest BCUT2D eigenvalue weighted by Gasteiger charge is 2.09. The Labute approximate surface area is 113 Å². The number of aromatic nitrogens is 3. The molecule has 90 valence electrons. The summed E-state index contributed by atoms with van der Waals surface area (Å²) in [6.07, 6.45) is 5.55. The van der Waals surface area contributed by atoms with Gasteiger partial charge in [0.05, 0.1) is 11.2 Å². The summed E-state index contributed by atoms with van der Waals surface area (Å²) in [5.41, 5.74) is 1.12. The zero-order chi connectivity index (χ0) is 12.4. The van der Waals surface area contributed by atoms with Crippen LogP contribution < -0.4 is 4.90 Å². The summed E-state index contributed by atoms with van der Waals surface area (Å²) in [6.45, 7) is 0.724. The molecular formula is C11H12BrClN4. The van der Waals surface area contributed by atoms with Crippen molar-refractivity contribution in [3.8, 4) is 0 Å². The maximum absolute atomic E-state index is 6.14. The topological polar surface area (TPSA) is 34.0 Å². The van der Waals surface area contributed by atoms with Gasteiger partial charge in [0, 0.05) is 43.1 Å². The second-order valence-corrected chi connectivity index (χ2v) is 5.16. The van der Waals surface area contributed by atoms with Crippen LogP contribution in [-0.4, -0.2) is 21.8 Å². The molecule has 0 bridgehead atoms. The lowest BCUT2D eigenvalue weighted by molar-refractivity contribution is 0.766. The van der Waals surface area contributed by atoms with E-state index in [4.69, 9.17) is 11.6 Å². The summed E-state index contributed by atoms with van der Waals surface area (Å²) in [5.74, 6) is 0.763. The molecular weight excluding hydrogens is 304 g/mol. The Morgan fingerprint density at radius 3 is 2.82 bits per heavy atom. The minimum atomic E-state index is 0.630. The lowest BCUT2D eigenvalue weighted by Gasteiger charge is -2.18. The second-order valence-electron chi connectivity index (χ2n) is 3.84. The number of nitrogens with zero attached hydrogens (tertiary/aromatic N) is 4. The lowest BCUT2D eigenvalue weighted by atomic mass is 10.3. The molecule has 2 rings (SSSR count). The van der Waals surface area contributed by atoms with Gasteiger partial charge in [0.2, 0.25) is 0 Å².